The highest BCUT2D eigenvalue weighted by Gasteiger charge is 2.18. The third-order valence-electron chi connectivity index (χ3n) is 2.41. The fourth-order valence-electron chi connectivity index (χ4n) is 1.47. The average Bonchev–Trinajstić information content (AvgIpc) is 2.31. The SMILES string of the molecule is CC(C)NC(=O)C(C)NC(=O)c1cc(N)ccc1Br. The molecule has 2 amide bonds. The molecular weight excluding hydrogens is 310 g/mol. The first-order valence-electron chi connectivity index (χ1n) is 5.97. The quantitative estimate of drug-likeness (QED) is 0.735. The highest BCUT2D eigenvalue weighted by atomic mass is 79.9. The van der Waals surface area contributed by atoms with Gasteiger partial charge in [-0.1, -0.05) is 0 Å². The minimum atomic E-state index is -0.608. The summed E-state index contributed by atoms with van der Waals surface area (Å²) in [7, 11) is 0. The van der Waals surface area contributed by atoms with Crippen LogP contribution in [0.5, 0.6) is 0 Å². The van der Waals surface area contributed by atoms with Crippen molar-refractivity contribution in [3.05, 3.63) is 28.2 Å². The van der Waals surface area contributed by atoms with Crippen LogP contribution >= 0.6 is 15.9 Å². The molecule has 1 atom stereocenters. The number of nitrogens with two attached hydrogens (primary N) is 1. The lowest BCUT2D eigenvalue weighted by atomic mass is 10.1. The van der Waals surface area contributed by atoms with Gasteiger partial charge in [0.2, 0.25) is 5.91 Å². The summed E-state index contributed by atoms with van der Waals surface area (Å²) in [5.74, 6) is -0.561. The third kappa shape index (κ3) is 4.55. The Labute approximate surface area is 121 Å². The van der Waals surface area contributed by atoms with Crippen molar-refractivity contribution in [1.82, 2.24) is 10.6 Å². The van der Waals surface area contributed by atoms with Crippen LogP contribution < -0.4 is 16.4 Å². The molecule has 1 aromatic rings. The van der Waals surface area contributed by atoms with Gasteiger partial charge in [0.25, 0.3) is 5.91 Å². The number of hydrogen-bond donors (Lipinski definition) is 3. The molecule has 0 aliphatic carbocycles. The first-order valence-corrected chi connectivity index (χ1v) is 6.77. The van der Waals surface area contributed by atoms with Crippen LogP contribution in [0.2, 0.25) is 0 Å². The highest BCUT2D eigenvalue weighted by Crippen LogP contribution is 2.19. The van der Waals surface area contributed by atoms with Crippen molar-refractivity contribution >= 4 is 33.4 Å². The van der Waals surface area contributed by atoms with E-state index < -0.39 is 6.04 Å². The van der Waals surface area contributed by atoms with Gasteiger partial charge in [0.15, 0.2) is 0 Å². The molecule has 4 N–H and O–H groups in total. The maximum absolute atomic E-state index is 12.0. The molecule has 0 bridgehead atoms. The lowest BCUT2D eigenvalue weighted by Gasteiger charge is -2.16. The Balaban J connectivity index is 2.74. The summed E-state index contributed by atoms with van der Waals surface area (Å²) in [6.07, 6.45) is 0. The lowest BCUT2D eigenvalue weighted by Crippen LogP contribution is -2.46. The molecule has 0 aliphatic heterocycles. The minimum absolute atomic E-state index is 0.0333. The Morgan fingerprint density at radius 3 is 2.42 bits per heavy atom. The number of amides is 2. The van der Waals surface area contributed by atoms with Crippen LogP contribution in [0.15, 0.2) is 22.7 Å². The van der Waals surface area contributed by atoms with Gasteiger partial charge in [-0.15, -0.1) is 0 Å². The fourth-order valence-corrected chi connectivity index (χ4v) is 1.89. The van der Waals surface area contributed by atoms with Crippen LogP contribution in [0.25, 0.3) is 0 Å². The number of halogens is 1. The average molecular weight is 328 g/mol. The summed E-state index contributed by atoms with van der Waals surface area (Å²) in [5.41, 5.74) is 6.54. The first kappa shape index (κ1) is 15.5. The summed E-state index contributed by atoms with van der Waals surface area (Å²) in [4.78, 5) is 23.8. The van der Waals surface area contributed by atoms with E-state index in [0.717, 1.165) is 0 Å². The first-order chi connectivity index (χ1) is 8.81. The molecule has 0 fully saturated rings. The van der Waals surface area contributed by atoms with E-state index in [1.165, 1.54) is 0 Å². The topological polar surface area (TPSA) is 84.2 Å². The van der Waals surface area contributed by atoms with E-state index in [9.17, 15) is 9.59 Å². The zero-order valence-corrected chi connectivity index (χ0v) is 12.7. The highest BCUT2D eigenvalue weighted by molar-refractivity contribution is 9.10. The molecule has 0 saturated carbocycles. The zero-order valence-electron chi connectivity index (χ0n) is 11.2. The van der Waals surface area contributed by atoms with Crippen molar-refractivity contribution in [2.24, 2.45) is 0 Å². The van der Waals surface area contributed by atoms with E-state index in [1.54, 1.807) is 25.1 Å². The molecule has 0 aromatic heterocycles. The van der Waals surface area contributed by atoms with Crippen LogP contribution in [0.3, 0.4) is 0 Å². The van der Waals surface area contributed by atoms with Crippen LogP contribution in [0, 0.1) is 0 Å². The van der Waals surface area contributed by atoms with E-state index in [4.69, 9.17) is 5.73 Å². The van der Waals surface area contributed by atoms with Crippen LogP contribution in [0.1, 0.15) is 31.1 Å². The number of rotatable bonds is 4. The van der Waals surface area contributed by atoms with Gasteiger partial charge in [-0.25, -0.2) is 0 Å². The number of benzene rings is 1. The number of anilines is 1. The number of nitrogens with one attached hydrogen (secondary N) is 2. The third-order valence-corrected chi connectivity index (χ3v) is 3.10. The molecule has 0 spiro atoms. The molecule has 0 saturated heterocycles. The van der Waals surface area contributed by atoms with Gasteiger partial charge in [-0.2, -0.15) is 0 Å². The predicted octanol–water partition coefficient (Wildman–Crippen LogP) is 1.67. The Morgan fingerprint density at radius 2 is 1.84 bits per heavy atom. The standard InChI is InChI=1S/C13H18BrN3O2/c1-7(2)16-12(18)8(3)17-13(19)10-6-9(15)4-5-11(10)14/h4-8H,15H2,1-3H3,(H,16,18)(H,17,19). The van der Waals surface area contributed by atoms with E-state index in [0.29, 0.717) is 15.7 Å². The van der Waals surface area contributed by atoms with Gasteiger partial charge < -0.3 is 16.4 Å². The molecule has 6 heteroatoms. The second kappa shape index (κ2) is 6.56. The van der Waals surface area contributed by atoms with Crippen molar-refractivity contribution in [2.75, 3.05) is 5.73 Å². The summed E-state index contributed by atoms with van der Waals surface area (Å²) in [6, 6.07) is 4.37. The van der Waals surface area contributed by atoms with Gasteiger partial charge in [0, 0.05) is 16.2 Å². The van der Waals surface area contributed by atoms with E-state index in [1.807, 2.05) is 13.8 Å². The van der Waals surface area contributed by atoms with Crippen LogP contribution in [-0.2, 0) is 4.79 Å². The smallest absolute Gasteiger partial charge is 0.253 e. The molecule has 0 radical (unpaired) electrons. The van der Waals surface area contributed by atoms with Crippen molar-refractivity contribution < 1.29 is 9.59 Å². The van der Waals surface area contributed by atoms with Gasteiger partial charge >= 0.3 is 0 Å². The fraction of sp³-hybridized carbons (Fsp3) is 0.385. The molecule has 1 unspecified atom stereocenters. The second-order valence-corrected chi connectivity index (χ2v) is 5.45. The predicted molar refractivity (Wildman–Crippen MR) is 78.8 cm³/mol. The van der Waals surface area contributed by atoms with Crippen LogP contribution in [0.4, 0.5) is 5.69 Å². The Hall–Kier alpha value is -1.56. The Kier molecular flexibility index (Phi) is 5.35. The molecule has 104 valence electrons. The Morgan fingerprint density at radius 1 is 1.21 bits per heavy atom. The van der Waals surface area contributed by atoms with E-state index >= 15 is 0 Å². The van der Waals surface area contributed by atoms with Gasteiger partial charge in [-0.3, -0.25) is 9.59 Å². The molecule has 1 aromatic carbocycles. The Bertz CT molecular complexity index is 489. The number of carbonyl (C=O) groups is 2. The van der Waals surface area contributed by atoms with Crippen molar-refractivity contribution in [3.8, 4) is 0 Å². The minimum Gasteiger partial charge on any atom is -0.399 e. The molecule has 1 rings (SSSR count). The number of nitrogen functional groups attached to an aromatic ring is 1. The molecule has 19 heavy (non-hydrogen) atoms. The molecule has 0 heterocycles. The normalized spacial score (nSPS) is 12.1. The van der Waals surface area contributed by atoms with Crippen molar-refractivity contribution in [1.29, 1.82) is 0 Å². The van der Waals surface area contributed by atoms with Crippen molar-refractivity contribution in [3.63, 3.8) is 0 Å². The maximum atomic E-state index is 12.0. The number of carbonyl (C=O) groups excluding carboxylic acids is 2. The summed E-state index contributed by atoms with van der Waals surface area (Å²) in [6.45, 7) is 5.36. The monoisotopic (exact) mass is 327 g/mol. The van der Waals surface area contributed by atoms with Gasteiger partial charge in [-0.05, 0) is 54.9 Å². The van der Waals surface area contributed by atoms with Gasteiger partial charge in [0.05, 0.1) is 5.56 Å². The second-order valence-electron chi connectivity index (χ2n) is 4.60. The number of hydrogen-bond acceptors (Lipinski definition) is 3. The van der Waals surface area contributed by atoms with Crippen LogP contribution in [-0.4, -0.2) is 23.9 Å². The van der Waals surface area contributed by atoms with E-state index in [-0.39, 0.29) is 17.9 Å². The lowest BCUT2D eigenvalue weighted by molar-refractivity contribution is -0.123. The largest absolute Gasteiger partial charge is 0.399 e. The molecular formula is C13H18BrN3O2. The van der Waals surface area contributed by atoms with E-state index in [2.05, 4.69) is 26.6 Å². The van der Waals surface area contributed by atoms with Crippen molar-refractivity contribution in [2.45, 2.75) is 32.9 Å². The molecule has 0 aliphatic rings. The zero-order chi connectivity index (χ0) is 14.6. The summed E-state index contributed by atoms with van der Waals surface area (Å²) in [5, 5.41) is 5.37. The van der Waals surface area contributed by atoms with Gasteiger partial charge in [0.1, 0.15) is 6.04 Å². The summed E-state index contributed by atoms with van der Waals surface area (Å²) >= 11 is 3.28. The summed E-state index contributed by atoms with van der Waals surface area (Å²) < 4.78 is 0.635. The molecule has 5 nitrogen and oxygen atoms in total. The maximum Gasteiger partial charge on any atom is 0.253 e.